The molecular weight excluding hydrogens is 230 g/mol. The van der Waals surface area contributed by atoms with Gasteiger partial charge >= 0.3 is 5.69 Å². The molecule has 0 saturated carbocycles. The van der Waals surface area contributed by atoms with Gasteiger partial charge in [0.15, 0.2) is 0 Å². The molecule has 6 nitrogen and oxygen atoms in total. The number of aromatic amines is 1. The molecule has 2 aromatic heterocycles. The number of imidazole rings is 1. The van der Waals surface area contributed by atoms with Crippen LogP contribution in [0.5, 0.6) is 0 Å². The molecule has 0 radical (unpaired) electrons. The molecule has 18 heavy (non-hydrogen) atoms. The first-order valence-electron chi connectivity index (χ1n) is 5.55. The lowest BCUT2D eigenvalue weighted by molar-refractivity contribution is 0.782. The highest BCUT2D eigenvalue weighted by Crippen LogP contribution is 2.23. The highest BCUT2D eigenvalue weighted by atomic mass is 16.1. The number of nitrogens with one attached hydrogen (secondary N) is 1. The second-order valence-corrected chi connectivity index (χ2v) is 4.30. The molecule has 0 fully saturated rings. The predicted octanol–water partition coefficient (Wildman–Crippen LogP) is 0.849. The van der Waals surface area contributed by atoms with Gasteiger partial charge in [-0.1, -0.05) is 6.07 Å². The predicted molar refractivity (Wildman–Crippen MR) is 70.2 cm³/mol. The Hall–Kier alpha value is -2.50. The zero-order valence-corrected chi connectivity index (χ0v) is 10.1. The molecule has 0 aliphatic carbocycles. The summed E-state index contributed by atoms with van der Waals surface area (Å²) < 4.78 is 3.19. The average Bonchev–Trinajstić information content (AvgIpc) is 2.81. The van der Waals surface area contributed by atoms with Crippen LogP contribution in [0.4, 0.5) is 5.82 Å². The number of nitrogens with two attached hydrogens (primary N) is 1. The van der Waals surface area contributed by atoms with Crippen LogP contribution in [0.1, 0.15) is 0 Å². The molecule has 2 heterocycles. The minimum Gasteiger partial charge on any atom is -0.384 e. The third-order valence-corrected chi connectivity index (χ3v) is 3.12. The highest BCUT2D eigenvalue weighted by molar-refractivity contribution is 5.81. The normalized spacial score (nSPS) is 11.2. The van der Waals surface area contributed by atoms with Crippen molar-refractivity contribution in [2.45, 2.75) is 0 Å². The molecule has 0 saturated heterocycles. The van der Waals surface area contributed by atoms with Gasteiger partial charge in [0, 0.05) is 25.7 Å². The lowest BCUT2D eigenvalue weighted by Gasteiger charge is -1.98. The second kappa shape index (κ2) is 3.49. The fourth-order valence-corrected chi connectivity index (χ4v) is 2.02. The number of aryl methyl sites for hydroxylation is 2. The molecule has 0 spiro atoms. The summed E-state index contributed by atoms with van der Waals surface area (Å²) in [6.07, 6.45) is 0. The number of H-pyrrole nitrogens is 1. The van der Waals surface area contributed by atoms with Gasteiger partial charge in [0.05, 0.1) is 16.7 Å². The SMILES string of the molecule is Cn1nc(-c2ccc3c(c2)[nH]c(=O)n3C)cc1N. The van der Waals surface area contributed by atoms with Crippen molar-refractivity contribution < 1.29 is 0 Å². The average molecular weight is 243 g/mol. The lowest BCUT2D eigenvalue weighted by atomic mass is 10.1. The molecule has 0 amide bonds. The van der Waals surface area contributed by atoms with Crippen LogP contribution < -0.4 is 11.4 Å². The van der Waals surface area contributed by atoms with E-state index in [1.54, 1.807) is 23.3 Å². The van der Waals surface area contributed by atoms with Crippen molar-refractivity contribution in [1.82, 2.24) is 19.3 Å². The summed E-state index contributed by atoms with van der Waals surface area (Å²) in [5.74, 6) is 0.603. The van der Waals surface area contributed by atoms with Crippen LogP contribution in [0.15, 0.2) is 29.1 Å². The summed E-state index contributed by atoms with van der Waals surface area (Å²) in [6.45, 7) is 0. The highest BCUT2D eigenvalue weighted by Gasteiger charge is 2.08. The molecule has 0 aliphatic heterocycles. The zero-order chi connectivity index (χ0) is 12.9. The largest absolute Gasteiger partial charge is 0.384 e. The van der Waals surface area contributed by atoms with Crippen LogP contribution in [-0.2, 0) is 14.1 Å². The Morgan fingerprint density at radius 2 is 2.06 bits per heavy atom. The number of rotatable bonds is 1. The topological polar surface area (TPSA) is 81.6 Å². The molecular formula is C12H13N5O. The molecule has 0 atom stereocenters. The molecule has 1 aromatic carbocycles. The van der Waals surface area contributed by atoms with E-state index in [0.29, 0.717) is 5.82 Å². The minimum atomic E-state index is -0.123. The van der Waals surface area contributed by atoms with Crippen molar-refractivity contribution in [3.05, 3.63) is 34.7 Å². The number of aromatic nitrogens is 4. The summed E-state index contributed by atoms with van der Waals surface area (Å²) in [7, 11) is 3.53. The van der Waals surface area contributed by atoms with Crippen molar-refractivity contribution in [2.75, 3.05) is 5.73 Å². The van der Waals surface area contributed by atoms with Crippen molar-refractivity contribution in [2.24, 2.45) is 14.1 Å². The molecule has 3 aromatic rings. The second-order valence-electron chi connectivity index (χ2n) is 4.30. The number of fused-ring (bicyclic) bond motifs is 1. The van der Waals surface area contributed by atoms with Crippen molar-refractivity contribution in [3.63, 3.8) is 0 Å². The van der Waals surface area contributed by atoms with E-state index in [4.69, 9.17) is 5.73 Å². The van der Waals surface area contributed by atoms with Gasteiger partial charge in [-0.3, -0.25) is 9.25 Å². The lowest BCUT2D eigenvalue weighted by Crippen LogP contribution is -2.11. The number of benzene rings is 1. The Morgan fingerprint density at radius 1 is 1.28 bits per heavy atom. The third kappa shape index (κ3) is 1.42. The smallest absolute Gasteiger partial charge is 0.326 e. The van der Waals surface area contributed by atoms with Crippen LogP contribution in [0.25, 0.3) is 22.3 Å². The Morgan fingerprint density at radius 3 is 2.72 bits per heavy atom. The monoisotopic (exact) mass is 243 g/mol. The molecule has 6 heteroatoms. The van der Waals surface area contributed by atoms with Crippen LogP contribution in [0.3, 0.4) is 0 Å². The first-order chi connectivity index (χ1) is 8.56. The third-order valence-electron chi connectivity index (χ3n) is 3.12. The molecule has 3 N–H and O–H groups in total. The fraction of sp³-hybridized carbons (Fsp3) is 0.167. The number of nitrogen functional groups attached to an aromatic ring is 1. The van der Waals surface area contributed by atoms with E-state index in [2.05, 4.69) is 10.1 Å². The van der Waals surface area contributed by atoms with Crippen molar-refractivity contribution >= 4 is 16.9 Å². The summed E-state index contributed by atoms with van der Waals surface area (Å²) >= 11 is 0. The minimum absolute atomic E-state index is 0.123. The van der Waals surface area contributed by atoms with Crippen molar-refractivity contribution in [3.8, 4) is 11.3 Å². The molecule has 0 aliphatic rings. The first-order valence-corrected chi connectivity index (χ1v) is 5.55. The maximum absolute atomic E-state index is 11.5. The van der Waals surface area contributed by atoms with Gasteiger partial charge in [0.2, 0.25) is 0 Å². The van der Waals surface area contributed by atoms with Gasteiger partial charge in [0.25, 0.3) is 0 Å². The maximum Gasteiger partial charge on any atom is 0.326 e. The van der Waals surface area contributed by atoms with Gasteiger partial charge in [-0.2, -0.15) is 5.10 Å². The molecule has 0 unspecified atom stereocenters. The van der Waals surface area contributed by atoms with Crippen molar-refractivity contribution in [1.29, 1.82) is 0 Å². The summed E-state index contributed by atoms with van der Waals surface area (Å²) in [5, 5.41) is 4.31. The molecule has 92 valence electrons. The Labute approximate surface area is 103 Å². The Kier molecular flexibility index (Phi) is 2.07. The standard InChI is InChI=1S/C12H13N5O/c1-16-10-4-3-7(5-9(10)14-12(16)18)8-6-11(13)17(2)15-8/h3-6H,13H2,1-2H3,(H,14,18). The van der Waals surface area contributed by atoms with Gasteiger partial charge in [0.1, 0.15) is 5.82 Å². The summed E-state index contributed by atoms with van der Waals surface area (Å²) in [5.41, 5.74) is 9.02. The van der Waals surface area contributed by atoms with E-state index < -0.39 is 0 Å². The van der Waals surface area contributed by atoms with Crippen LogP contribution >= 0.6 is 0 Å². The van der Waals surface area contributed by atoms with E-state index in [1.807, 2.05) is 24.3 Å². The molecule has 3 rings (SSSR count). The summed E-state index contributed by atoms with van der Waals surface area (Å²) in [4.78, 5) is 14.3. The van der Waals surface area contributed by atoms with Gasteiger partial charge in [-0.25, -0.2) is 4.79 Å². The van der Waals surface area contributed by atoms with Gasteiger partial charge in [-0.15, -0.1) is 0 Å². The Balaban J connectivity index is 2.22. The van der Waals surface area contributed by atoms with E-state index >= 15 is 0 Å². The number of nitrogens with zero attached hydrogens (tertiary/aromatic N) is 3. The Bertz CT molecular complexity index is 773. The first kappa shape index (κ1) is 10.6. The molecule has 0 bridgehead atoms. The van der Waals surface area contributed by atoms with Crippen LogP contribution in [0, 0.1) is 0 Å². The zero-order valence-electron chi connectivity index (χ0n) is 10.1. The van der Waals surface area contributed by atoms with E-state index in [-0.39, 0.29) is 5.69 Å². The number of hydrogen-bond acceptors (Lipinski definition) is 3. The number of hydrogen-bond donors (Lipinski definition) is 2. The van der Waals surface area contributed by atoms with Crippen LogP contribution in [0.2, 0.25) is 0 Å². The van der Waals surface area contributed by atoms with E-state index in [0.717, 1.165) is 22.3 Å². The van der Waals surface area contributed by atoms with E-state index in [9.17, 15) is 4.79 Å². The quantitative estimate of drug-likeness (QED) is 0.664. The fourth-order valence-electron chi connectivity index (χ4n) is 2.02. The van der Waals surface area contributed by atoms with Crippen LogP contribution in [-0.4, -0.2) is 19.3 Å². The van der Waals surface area contributed by atoms with E-state index in [1.165, 1.54) is 0 Å². The maximum atomic E-state index is 11.5. The number of anilines is 1. The summed E-state index contributed by atoms with van der Waals surface area (Å²) in [6, 6.07) is 7.53. The van der Waals surface area contributed by atoms with Gasteiger partial charge < -0.3 is 10.7 Å². The van der Waals surface area contributed by atoms with Gasteiger partial charge in [-0.05, 0) is 12.1 Å².